The number of carbonyl (C=O) groups is 1. The van der Waals surface area contributed by atoms with Crippen molar-refractivity contribution in [1.82, 2.24) is 15.5 Å². The predicted molar refractivity (Wildman–Crippen MR) is 131 cm³/mol. The number of hydrogen-bond acceptors (Lipinski definition) is 6. The van der Waals surface area contributed by atoms with E-state index in [9.17, 15) is 13.6 Å². The molecule has 182 valence electrons. The molecule has 0 aliphatic rings. The number of anilines is 2. The van der Waals surface area contributed by atoms with Crippen molar-refractivity contribution in [3.8, 4) is 22.6 Å². The topological polar surface area (TPSA) is 100 Å². The van der Waals surface area contributed by atoms with E-state index >= 15 is 0 Å². The monoisotopic (exact) mass is 481 g/mol. The van der Waals surface area contributed by atoms with Crippen molar-refractivity contribution < 1.29 is 23.0 Å². The van der Waals surface area contributed by atoms with Gasteiger partial charge in [0.1, 0.15) is 0 Å². The number of benzene rings is 3. The molecule has 0 unspecified atom stereocenters. The van der Waals surface area contributed by atoms with Crippen molar-refractivity contribution >= 4 is 28.3 Å². The minimum Gasteiger partial charge on any atom is -0.494 e. The quantitative estimate of drug-likeness (QED) is 0.264. The van der Waals surface area contributed by atoms with Crippen molar-refractivity contribution in [2.24, 2.45) is 0 Å². The minimum atomic E-state index is -0.845. The van der Waals surface area contributed by atoms with Crippen molar-refractivity contribution in [2.75, 3.05) is 45.0 Å². The van der Waals surface area contributed by atoms with Crippen LogP contribution in [0, 0.1) is 11.6 Å². The average molecular weight is 482 g/mol. The Hall–Kier alpha value is -4.18. The SMILES string of the molecule is CNCCNc1ccc(C(=O)Nc2n[nH]c3cc(-c4c(F)c(OC)cc(OC)c4F)ccc23)cc1. The maximum Gasteiger partial charge on any atom is 0.256 e. The van der Waals surface area contributed by atoms with Crippen LogP contribution in [-0.4, -0.2) is 50.5 Å². The molecular formula is C25H25F2N5O3. The lowest BCUT2D eigenvalue weighted by molar-refractivity contribution is 0.102. The molecule has 0 radical (unpaired) electrons. The first-order valence-corrected chi connectivity index (χ1v) is 10.8. The van der Waals surface area contributed by atoms with Gasteiger partial charge < -0.3 is 25.4 Å². The molecule has 0 bridgehead atoms. The molecule has 0 saturated heterocycles. The van der Waals surface area contributed by atoms with Crippen LogP contribution in [0.15, 0.2) is 48.5 Å². The molecule has 0 aliphatic carbocycles. The molecule has 8 nitrogen and oxygen atoms in total. The highest BCUT2D eigenvalue weighted by Gasteiger charge is 2.22. The Balaban J connectivity index is 1.58. The van der Waals surface area contributed by atoms with E-state index in [1.165, 1.54) is 14.2 Å². The summed E-state index contributed by atoms with van der Waals surface area (Å²) in [6.45, 7) is 1.58. The number of nitrogens with one attached hydrogen (secondary N) is 4. The molecule has 4 rings (SSSR count). The number of H-pyrrole nitrogens is 1. The number of amides is 1. The molecule has 0 spiro atoms. The van der Waals surface area contributed by atoms with Crippen LogP contribution in [-0.2, 0) is 0 Å². The van der Waals surface area contributed by atoms with E-state index < -0.39 is 11.6 Å². The van der Waals surface area contributed by atoms with E-state index in [1.807, 2.05) is 19.2 Å². The zero-order valence-corrected chi connectivity index (χ0v) is 19.5. The second-order valence-corrected chi connectivity index (χ2v) is 7.68. The number of halogens is 2. The van der Waals surface area contributed by atoms with Crippen molar-refractivity contribution in [2.45, 2.75) is 0 Å². The number of carbonyl (C=O) groups excluding carboxylic acids is 1. The summed E-state index contributed by atoms with van der Waals surface area (Å²) in [5.74, 6) is -2.00. The molecule has 1 aromatic heterocycles. The van der Waals surface area contributed by atoms with E-state index in [2.05, 4.69) is 26.1 Å². The van der Waals surface area contributed by atoms with Gasteiger partial charge in [-0.05, 0) is 49.0 Å². The summed E-state index contributed by atoms with van der Waals surface area (Å²) in [6, 6.07) is 12.9. The van der Waals surface area contributed by atoms with Gasteiger partial charge in [-0.2, -0.15) is 5.10 Å². The van der Waals surface area contributed by atoms with Gasteiger partial charge in [0.2, 0.25) is 0 Å². The van der Waals surface area contributed by atoms with Crippen LogP contribution in [0.3, 0.4) is 0 Å². The number of likely N-dealkylation sites (N-methyl/N-ethyl adjacent to an activating group) is 1. The fraction of sp³-hybridized carbons (Fsp3) is 0.200. The van der Waals surface area contributed by atoms with Gasteiger partial charge in [-0.3, -0.25) is 9.89 Å². The third-order valence-corrected chi connectivity index (χ3v) is 5.51. The largest absolute Gasteiger partial charge is 0.494 e. The van der Waals surface area contributed by atoms with Gasteiger partial charge in [0.15, 0.2) is 29.0 Å². The van der Waals surface area contributed by atoms with Crippen molar-refractivity contribution in [3.05, 3.63) is 65.7 Å². The smallest absolute Gasteiger partial charge is 0.256 e. The number of aromatic amines is 1. The second-order valence-electron chi connectivity index (χ2n) is 7.68. The van der Waals surface area contributed by atoms with Crippen LogP contribution in [0.1, 0.15) is 10.4 Å². The molecule has 0 atom stereocenters. The highest BCUT2D eigenvalue weighted by atomic mass is 19.1. The van der Waals surface area contributed by atoms with E-state index in [0.717, 1.165) is 24.8 Å². The Labute approximate surface area is 200 Å². The number of fused-ring (bicyclic) bond motifs is 1. The van der Waals surface area contributed by atoms with Gasteiger partial charge in [-0.25, -0.2) is 8.78 Å². The molecule has 0 fully saturated rings. The molecule has 4 aromatic rings. The molecule has 35 heavy (non-hydrogen) atoms. The molecule has 0 aliphatic heterocycles. The summed E-state index contributed by atoms with van der Waals surface area (Å²) >= 11 is 0. The first-order valence-electron chi connectivity index (χ1n) is 10.8. The number of ether oxygens (including phenoxy) is 2. The van der Waals surface area contributed by atoms with Crippen molar-refractivity contribution in [3.63, 3.8) is 0 Å². The molecule has 1 heterocycles. The van der Waals surface area contributed by atoms with E-state index in [1.54, 1.807) is 30.3 Å². The normalized spacial score (nSPS) is 10.9. The number of hydrogen-bond donors (Lipinski definition) is 4. The Bertz CT molecular complexity index is 1330. The number of nitrogens with zero attached hydrogens (tertiary/aromatic N) is 1. The van der Waals surface area contributed by atoms with Crippen LogP contribution in [0.4, 0.5) is 20.3 Å². The van der Waals surface area contributed by atoms with E-state index in [0.29, 0.717) is 22.3 Å². The summed E-state index contributed by atoms with van der Waals surface area (Å²) in [5, 5.41) is 16.6. The zero-order valence-electron chi connectivity index (χ0n) is 19.5. The summed E-state index contributed by atoms with van der Waals surface area (Å²) in [6.07, 6.45) is 0. The van der Waals surface area contributed by atoms with E-state index in [-0.39, 0.29) is 28.5 Å². The molecule has 1 amide bonds. The first kappa shape index (κ1) is 24.0. The lowest BCUT2D eigenvalue weighted by atomic mass is 10.0. The zero-order chi connectivity index (χ0) is 24.9. The Morgan fingerprint density at radius 2 is 1.66 bits per heavy atom. The van der Waals surface area contributed by atoms with Gasteiger partial charge in [-0.1, -0.05) is 6.07 Å². The van der Waals surface area contributed by atoms with Crippen LogP contribution in [0.25, 0.3) is 22.0 Å². The highest BCUT2D eigenvalue weighted by Crippen LogP contribution is 2.38. The Kier molecular flexibility index (Phi) is 7.11. The van der Waals surface area contributed by atoms with Gasteiger partial charge in [0.25, 0.3) is 5.91 Å². The van der Waals surface area contributed by atoms with Crippen molar-refractivity contribution in [1.29, 1.82) is 0 Å². The standard InChI is InChI=1S/C25H25F2N5O3/c1-28-10-11-29-16-7-4-14(5-8-16)25(33)30-24-17-9-6-15(12-18(17)31-32-24)21-22(26)19(34-2)13-20(35-3)23(21)27/h4-9,12-13,28-29H,10-11H2,1-3H3,(H2,30,31,32,33). The van der Waals surface area contributed by atoms with Crippen LogP contribution >= 0.6 is 0 Å². The maximum absolute atomic E-state index is 14.9. The highest BCUT2D eigenvalue weighted by molar-refractivity contribution is 6.08. The third-order valence-electron chi connectivity index (χ3n) is 5.51. The number of methoxy groups -OCH3 is 2. The maximum atomic E-state index is 14.9. The van der Waals surface area contributed by atoms with Crippen LogP contribution in [0.5, 0.6) is 11.5 Å². The summed E-state index contributed by atoms with van der Waals surface area (Å²) in [7, 11) is 4.46. The summed E-state index contributed by atoms with van der Waals surface area (Å²) in [5.41, 5.74) is 1.83. The fourth-order valence-corrected chi connectivity index (χ4v) is 3.66. The molecule has 0 saturated carbocycles. The average Bonchev–Trinajstić information content (AvgIpc) is 3.27. The van der Waals surface area contributed by atoms with E-state index in [4.69, 9.17) is 9.47 Å². The summed E-state index contributed by atoms with van der Waals surface area (Å²) < 4.78 is 39.8. The Morgan fingerprint density at radius 1 is 0.971 bits per heavy atom. The predicted octanol–water partition coefficient (Wildman–Crippen LogP) is 4.41. The third kappa shape index (κ3) is 4.87. The fourth-order valence-electron chi connectivity index (χ4n) is 3.66. The van der Waals surface area contributed by atoms with Gasteiger partial charge in [0.05, 0.1) is 25.3 Å². The molecule has 3 aromatic carbocycles. The Morgan fingerprint density at radius 3 is 2.29 bits per heavy atom. The molecular weight excluding hydrogens is 456 g/mol. The minimum absolute atomic E-state index is 0.140. The summed E-state index contributed by atoms with van der Waals surface area (Å²) in [4.78, 5) is 12.7. The lowest BCUT2D eigenvalue weighted by Gasteiger charge is -2.13. The second kappa shape index (κ2) is 10.4. The molecule has 4 N–H and O–H groups in total. The number of aromatic nitrogens is 2. The first-order chi connectivity index (χ1) is 17.0. The van der Waals surface area contributed by atoms with Gasteiger partial charge in [-0.15, -0.1) is 0 Å². The van der Waals surface area contributed by atoms with Gasteiger partial charge >= 0.3 is 0 Å². The van der Waals surface area contributed by atoms with Crippen LogP contribution in [0.2, 0.25) is 0 Å². The lowest BCUT2D eigenvalue weighted by Crippen LogP contribution is -2.17. The van der Waals surface area contributed by atoms with Gasteiger partial charge in [0, 0.05) is 35.8 Å². The number of rotatable bonds is 9. The van der Waals surface area contributed by atoms with Crippen LogP contribution < -0.4 is 25.4 Å². The molecule has 10 heteroatoms.